The van der Waals surface area contributed by atoms with Gasteiger partial charge in [-0.3, -0.25) is 4.79 Å². The van der Waals surface area contributed by atoms with Gasteiger partial charge in [0.2, 0.25) is 0 Å². The predicted octanol–water partition coefficient (Wildman–Crippen LogP) is 3.44. The van der Waals surface area contributed by atoms with Crippen LogP contribution in [0.2, 0.25) is 0 Å². The summed E-state index contributed by atoms with van der Waals surface area (Å²) < 4.78 is 11.6. The molecule has 0 saturated carbocycles. The van der Waals surface area contributed by atoms with Crippen LogP contribution in [0.5, 0.6) is 5.75 Å². The quantitative estimate of drug-likeness (QED) is 0.673. The van der Waals surface area contributed by atoms with Gasteiger partial charge in [-0.2, -0.15) is 0 Å². The van der Waals surface area contributed by atoms with Crippen LogP contribution in [0.1, 0.15) is 10.4 Å². The Labute approximate surface area is 162 Å². The molecule has 3 rings (SSSR count). The molecule has 0 aromatic heterocycles. The first-order valence-corrected chi connectivity index (χ1v) is 9.49. The maximum atomic E-state index is 13.0. The number of piperazine rings is 1. The van der Waals surface area contributed by atoms with Crippen LogP contribution in [0.15, 0.2) is 53.0 Å². The Kier molecular flexibility index (Phi) is 6.52. The molecule has 2 aromatic rings. The SMILES string of the molecule is COCCOc1ccc(Br)cc1C(=O)N1CCN(c2ccccc2)CC1. The molecule has 0 N–H and O–H groups in total. The number of halogens is 1. The second kappa shape index (κ2) is 9.05. The van der Waals surface area contributed by atoms with Crippen molar-refractivity contribution in [1.29, 1.82) is 0 Å². The minimum atomic E-state index is 0.00595. The van der Waals surface area contributed by atoms with Crippen LogP contribution in [-0.4, -0.2) is 57.3 Å². The monoisotopic (exact) mass is 418 g/mol. The number of amides is 1. The van der Waals surface area contributed by atoms with Crippen molar-refractivity contribution < 1.29 is 14.3 Å². The van der Waals surface area contributed by atoms with E-state index in [0.717, 1.165) is 17.6 Å². The molecule has 0 atom stereocenters. The first-order valence-electron chi connectivity index (χ1n) is 8.69. The van der Waals surface area contributed by atoms with Crippen molar-refractivity contribution in [2.75, 3.05) is 51.4 Å². The number of ether oxygens (including phenoxy) is 2. The molecule has 1 aliphatic rings. The maximum absolute atomic E-state index is 13.0. The third kappa shape index (κ3) is 4.56. The number of methoxy groups -OCH3 is 1. The minimum absolute atomic E-state index is 0.00595. The Bertz CT molecular complexity index is 731. The number of nitrogens with zero attached hydrogens (tertiary/aromatic N) is 2. The van der Waals surface area contributed by atoms with Crippen molar-refractivity contribution in [2.45, 2.75) is 0 Å². The second-order valence-electron chi connectivity index (χ2n) is 6.10. The zero-order chi connectivity index (χ0) is 18.4. The molecule has 2 aromatic carbocycles. The number of rotatable bonds is 6. The van der Waals surface area contributed by atoms with Gasteiger partial charge in [-0.05, 0) is 30.3 Å². The molecule has 0 unspecified atom stereocenters. The van der Waals surface area contributed by atoms with Gasteiger partial charge >= 0.3 is 0 Å². The first-order chi connectivity index (χ1) is 12.7. The molecule has 1 fully saturated rings. The van der Waals surface area contributed by atoms with Gasteiger partial charge in [-0.25, -0.2) is 0 Å². The van der Waals surface area contributed by atoms with Gasteiger partial charge in [0.15, 0.2) is 0 Å². The number of hydrogen-bond donors (Lipinski definition) is 0. The Hall–Kier alpha value is -2.05. The lowest BCUT2D eigenvalue weighted by molar-refractivity contribution is 0.0739. The van der Waals surface area contributed by atoms with Gasteiger partial charge in [-0.15, -0.1) is 0 Å². The van der Waals surface area contributed by atoms with Crippen molar-refractivity contribution in [3.8, 4) is 5.75 Å². The van der Waals surface area contributed by atoms with E-state index < -0.39 is 0 Å². The lowest BCUT2D eigenvalue weighted by atomic mass is 10.1. The highest BCUT2D eigenvalue weighted by atomic mass is 79.9. The summed E-state index contributed by atoms with van der Waals surface area (Å²) in [5.74, 6) is 0.604. The fourth-order valence-electron chi connectivity index (χ4n) is 3.01. The molecule has 0 radical (unpaired) electrons. The molecule has 6 heteroatoms. The lowest BCUT2D eigenvalue weighted by Crippen LogP contribution is -2.48. The topological polar surface area (TPSA) is 42.0 Å². The highest BCUT2D eigenvalue weighted by Crippen LogP contribution is 2.26. The molecule has 1 amide bonds. The summed E-state index contributed by atoms with van der Waals surface area (Å²) in [6, 6.07) is 15.8. The highest BCUT2D eigenvalue weighted by Gasteiger charge is 2.24. The van der Waals surface area contributed by atoms with Crippen molar-refractivity contribution in [2.24, 2.45) is 0 Å². The summed E-state index contributed by atoms with van der Waals surface area (Å²) in [5.41, 5.74) is 1.79. The van der Waals surface area contributed by atoms with Gasteiger partial charge in [0.25, 0.3) is 5.91 Å². The summed E-state index contributed by atoms with van der Waals surface area (Å²) in [4.78, 5) is 17.2. The standard InChI is InChI=1S/C20H23BrN2O3/c1-25-13-14-26-19-8-7-16(21)15-18(19)20(24)23-11-9-22(10-12-23)17-5-3-2-4-6-17/h2-8,15H,9-14H2,1H3. The summed E-state index contributed by atoms with van der Waals surface area (Å²) in [6.45, 7) is 3.93. The summed E-state index contributed by atoms with van der Waals surface area (Å²) >= 11 is 3.45. The molecule has 138 valence electrons. The second-order valence-corrected chi connectivity index (χ2v) is 7.01. The van der Waals surface area contributed by atoms with Gasteiger partial charge in [0.1, 0.15) is 12.4 Å². The van der Waals surface area contributed by atoms with E-state index in [4.69, 9.17) is 9.47 Å². The van der Waals surface area contributed by atoms with Gasteiger partial charge in [-0.1, -0.05) is 34.1 Å². The van der Waals surface area contributed by atoms with E-state index in [1.54, 1.807) is 7.11 Å². The number of hydrogen-bond acceptors (Lipinski definition) is 4. The molecule has 5 nitrogen and oxygen atoms in total. The third-order valence-electron chi connectivity index (χ3n) is 4.41. The average Bonchev–Trinajstić information content (AvgIpc) is 2.69. The van der Waals surface area contributed by atoms with E-state index in [0.29, 0.717) is 37.6 Å². The molecular formula is C20H23BrN2O3. The lowest BCUT2D eigenvalue weighted by Gasteiger charge is -2.36. The van der Waals surface area contributed by atoms with Crippen molar-refractivity contribution in [3.63, 3.8) is 0 Å². The molecule has 1 saturated heterocycles. The maximum Gasteiger partial charge on any atom is 0.257 e. The van der Waals surface area contributed by atoms with Crippen LogP contribution in [0.4, 0.5) is 5.69 Å². The predicted molar refractivity (Wildman–Crippen MR) is 106 cm³/mol. The molecule has 0 spiro atoms. The number of carbonyl (C=O) groups excluding carboxylic acids is 1. The zero-order valence-corrected chi connectivity index (χ0v) is 16.4. The van der Waals surface area contributed by atoms with Gasteiger partial charge in [0.05, 0.1) is 12.2 Å². The first kappa shape index (κ1) is 18.7. The summed E-state index contributed by atoms with van der Waals surface area (Å²) in [6.07, 6.45) is 0. The number of para-hydroxylation sites is 1. The highest BCUT2D eigenvalue weighted by molar-refractivity contribution is 9.10. The largest absolute Gasteiger partial charge is 0.490 e. The number of benzene rings is 2. The average molecular weight is 419 g/mol. The van der Waals surface area contributed by atoms with Crippen molar-refractivity contribution >= 4 is 27.5 Å². The molecule has 0 aliphatic carbocycles. The fraction of sp³-hybridized carbons (Fsp3) is 0.350. The van der Waals surface area contributed by atoms with Crippen LogP contribution < -0.4 is 9.64 Å². The van der Waals surface area contributed by atoms with Gasteiger partial charge in [0, 0.05) is 43.4 Å². The molecule has 0 bridgehead atoms. The minimum Gasteiger partial charge on any atom is -0.490 e. The Balaban J connectivity index is 1.67. The zero-order valence-electron chi connectivity index (χ0n) is 14.9. The van der Waals surface area contributed by atoms with E-state index in [9.17, 15) is 4.79 Å². The smallest absolute Gasteiger partial charge is 0.257 e. The van der Waals surface area contributed by atoms with Gasteiger partial charge < -0.3 is 19.3 Å². The Morgan fingerprint density at radius 3 is 2.46 bits per heavy atom. The molecule has 1 aliphatic heterocycles. The Morgan fingerprint density at radius 1 is 1.04 bits per heavy atom. The van der Waals surface area contributed by atoms with Crippen LogP contribution >= 0.6 is 15.9 Å². The Morgan fingerprint density at radius 2 is 1.77 bits per heavy atom. The van der Waals surface area contributed by atoms with E-state index in [-0.39, 0.29) is 5.91 Å². The van der Waals surface area contributed by atoms with E-state index >= 15 is 0 Å². The number of anilines is 1. The van der Waals surface area contributed by atoms with Crippen molar-refractivity contribution in [3.05, 3.63) is 58.6 Å². The van der Waals surface area contributed by atoms with E-state index in [2.05, 4.69) is 33.0 Å². The van der Waals surface area contributed by atoms with E-state index in [1.165, 1.54) is 5.69 Å². The van der Waals surface area contributed by atoms with Crippen molar-refractivity contribution in [1.82, 2.24) is 4.90 Å². The summed E-state index contributed by atoms with van der Waals surface area (Å²) in [7, 11) is 1.63. The van der Waals surface area contributed by atoms with E-state index in [1.807, 2.05) is 41.3 Å². The van der Waals surface area contributed by atoms with Crippen LogP contribution in [0, 0.1) is 0 Å². The van der Waals surface area contributed by atoms with Crippen LogP contribution in [0.3, 0.4) is 0 Å². The normalized spacial score (nSPS) is 14.4. The summed E-state index contributed by atoms with van der Waals surface area (Å²) in [5, 5.41) is 0. The molecule has 1 heterocycles. The van der Waals surface area contributed by atoms with Crippen LogP contribution in [0.25, 0.3) is 0 Å². The fourth-order valence-corrected chi connectivity index (χ4v) is 3.37. The van der Waals surface area contributed by atoms with Crippen LogP contribution in [-0.2, 0) is 4.74 Å². The number of carbonyl (C=O) groups is 1. The molecule has 26 heavy (non-hydrogen) atoms. The third-order valence-corrected chi connectivity index (χ3v) is 4.90. The molecular weight excluding hydrogens is 396 g/mol.